The number of aliphatic hydroxyl groups excluding tert-OH is 1. The molecule has 0 amide bonds. The predicted octanol–water partition coefficient (Wildman–Crippen LogP) is 2.37. The fourth-order valence-electron chi connectivity index (χ4n) is 1.72. The zero-order valence-corrected chi connectivity index (χ0v) is 10.1. The Bertz CT molecular complexity index is 388. The normalized spacial score (nSPS) is 12.2. The monoisotopic (exact) mass is 240 g/mol. The van der Waals surface area contributed by atoms with Gasteiger partial charge >= 0.3 is 5.97 Å². The van der Waals surface area contributed by atoms with Crippen molar-refractivity contribution in [3.63, 3.8) is 0 Å². The van der Waals surface area contributed by atoms with E-state index in [2.05, 4.69) is 4.74 Å². The summed E-state index contributed by atoms with van der Waals surface area (Å²) in [5, 5.41) is 9.54. The second kappa shape index (κ2) is 6.35. The van der Waals surface area contributed by atoms with Gasteiger partial charge in [0.15, 0.2) is 0 Å². The fourth-order valence-corrected chi connectivity index (χ4v) is 1.72. The highest BCUT2D eigenvalue weighted by atomic mass is 19.1. The highest BCUT2D eigenvalue weighted by molar-refractivity contribution is 5.69. The minimum Gasteiger partial charge on any atom is -0.469 e. The molecule has 0 bridgehead atoms. The molecule has 0 saturated heterocycles. The third-order valence-electron chi connectivity index (χ3n) is 2.61. The third-order valence-corrected chi connectivity index (χ3v) is 2.61. The smallest absolute Gasteiger partial charge is 0.305 e. The highest BCUT2D eigenvalue weighted by Crippen LogP contribution is 2.20. The van der Waals surface area contributed by atoms with E-state index >= 15 is 0 Å². The Labute approximate surface area is 100 Å². The van der Waals surface area contributed by atoms with E-state index in [1.54, 1.807) is 13.0 Å². The second-order valence-corrected chi connectivity index (χ2v) is 3.95. The van der Waals surface area contributed by atoms with Crippen LogP contribution in [0.3, 0.4) is 0 Å². The van der Waals surface area contributed by atoms with Crippen molar-refractivity contribution >= 4 is 5.97 Å². The van der Waals surface area contributed by atoms with Crippen LogP contribution in [0.4, 0.5) is 4.39 Å². The summed E-state index contributed by atoms with van der Waals surface area (Å²) in [6.07, 6.45) is 0.790. The fraction of sp³-hybridized carbons (Fsp3) is 0.462. The number of methoxy groups -OCH3 is 1. The van der Waals surface area contributed by atoms with Crippen LogP contribution in [0.25, 0.3) is 0 Å². The van der Waals surface area contributed by atoms with Crippen molar-refractivity contribution in [2.24, 2.45) is 0 Å². The maximum absolute atomic E-state index is 13.1. The number of aryl methyl sites for hydroxylation is 1. The van der Waals surface area contributed by atoms with Gasteiger partial charge in [-0.05, 0) is 43.0 Å². The van der Waals surface area contributed by atoms with E-state index in [1.165, 1.54) is 19.2 Å². The van der Waals surface area contributed by atoms with Gasteiger partial charge in [0, 0.05) is 6.42 Å². The molecule has 0 aliphatic rings. The molecule has 3 nitrogen and oxygen atoms in total. The number of carbonyl (C=O) groups excluding carboxylic acids is 1. The quantitative estimate of drug-likeness (QED) is 0.804. The number of rotatable bonds is 5. The summed E-state index contributed by atoms with van der Waals surface area (Å²) in [5.41, 5.74) is 1.44. The minimum atomic E-state index is -0.635. The van der Waals surface area contributed by atoms with Gasteiger partial charge < -0.3 is 9.84 Å². The molecule has 0 fully saturated rings. The lowest BCUT2D eigenvalue weighted by atomic mass is 9.98. The van der Waals surface area contributed by atoms with Gasteiger partial charge in [0.05, 0.1) is 13.2 Å². The number of benzene rings is 1. The van der Waals surface area contributed by atoms with Crippen molar-refractivity contribution in [1.82, 2.24) is 0 Å². The topological polar surface area (TPSA) is 46.5 Å². The number of hydrogen-bond donors (Lipinski definition) is 1. The van der Waals surface area contributed by atoms with Crippen molar-refractivity contribution in [3.8, 4) is 0 Å². The molecular weight excluding hydrogens is 223 g/mol. The Hall–Kier alpha value is -1.42. The van der Waals surface area contributed by atoms with E-state index in [0.717, 1.165) is 5.56 Å². The molecule has 0 aromatic heterocycles. The van der Waals surface area contributed by atoms with Gasteiger partial charge in [0.1, 0.15) is 5.82 Å². The SMILES string of the molecule is COC(=O)CCCc1cc(F)ccc1[C@H](C)O. The predicted molar refractivity (Wildman–Crippen MR) is 62.0 cm³/mol. The largest absolute Gasteiger partial charge is 0.469 e. The van der Waals surface area contributed by atoms with Crippen LogP contribution in [0.15, 0.2) is 18.2 Å². The molecular formula is C13H17FO3. The van der Waals surface area contributed by atoms with Gasteiger partial charge in [-0.25, -0.2) is 4.39 Å². The van der Waals surface area contributed by atoms with E-state index < -0.39 is 6.10 Å². The lowest BCUT2D eigenvalue weighted by Crippen LogP contribution is -2.03. The van der Waals surface area contributed by atoms with Crippen LogP contribution < -0.4 is 0 Å². The summed E-state index contributed by atoms with van der Waals surface area (Å²) >= 11 is 0. The summed E-state index contributed by atoms with van der Waals surface area (Å²) in [5.74, 6) is -0.609. The highest BCUT2D eigenvalue weighted by Gasteiger charge is 2.09. The van der Waals surface area contributed by atoms with Crippen LogP contribution in [0.2, 0.25) is 0 Å². The zero-order valence-electron chi connectivity index (χ0n) is 10.1. The summed E-state index contributed by atoms with van der Waals surface area (Å²) in [6.45, 7) is 1.64. The molecule has 94 valence electrons. The first-order chi connectivity index (χ1) is 8.04. The zero-order chi connectivity index (χ0) is 12.8. The van der Waals surface area contributed by atoms with E-state index in [0.29, 0.717) is 24.8 Å². The second-order valence-electron chi connectivity index (χ2n) is 3.95. The molecule has 4 heteroatoms. The van der Waals surface area contributed by atoms with E-state index in [1.807, 2.05) is 0 Å². The first-order valence-corrected chi connectivity index (χ1v) is 5.57. The van der Waals surface area contributed by atoms with Crippen LogP contribution in [0.1, 0.15) is 37.0 Å². The molecule has 1 aromatic carbocycles. The lowest BCUT2D eigenvalue weighted by molar-refractivity contribution is -0.140. The Morgan fingerprint density at radius 1 is 1.53 bits per heavy atom. The van der Waals surface area contributed by atoms with E-state index in [4.69, 9.17) is 0 Å². The van der Waals surface area contributed by atoms with Crippen LogP contribution in [-0.2, 0) is 16.0 Å². The van der Waals surface area contributed by atoms with E-state index in [9.17, 15) is 14.3 Å². The number of aliphatic hydroxyl groups is 1. The minimum absolute atomic E-state index is 0.278. The summed E-state index contributed by atoms with van der Waals surface area (Å²) in [6, 6.07) is 4.30. The maximum atomic E-state index is 13.1. The van der Waals surface area contributed by atoms with Gasteiger partial charge in [-0.3, -0.25) is 4.79 Å². The number of halogens is 1. The lowest BCUT2D eigenvalue weighted by Gasteiger charge is -2.11. The van der Waals surface area contributed by atoms with Crippen molar-refractivity contribution in [3.05, 3.63) is 35.1 Å². The van der Waals surface area contributed by atoms with Gasteiger partial charge in [-0.2, -0.15) is 0 Å². The van der Waals surface area contributed by atoms with Gasteiger partial charge in [0.25, 0.3) is 0 Å². The Morgan fingerprint density at radius 2 is 2.24 bits per heavy atom. The Balaban J connectivity index is 2.68. The molecule has 0 aliphatic heterocycles. The number of hydrogen-bond acceptors (Lipinski definition) is 3. The first-order valence-electron chi connectivity index (χ1n) is 5.57. The van der Waals surface area contributed by atoms with Crippen LogP contribution >= 0.6 is 0 Å². The molecule has 0 unspecified atom stereocenters. The van der Waals surface area contributed by atoms with Crippen molar-refractivity contribution in [2.75, 3.05) is 7.11 Å². The van der Waals surface area contributed by atoms with Gasteiger partial charge in [0.2, 0.25) is 0 Å². The average molecular weight is 240 g/mol. The average Bonchev–Trinajstić information content (AvgIpc) is 2.28. The molecule has 1 N–H and O–H groups in total. The molecule has 1 rings (SSSR count). The molecule has 0 radical (unpaired) electrons. The number of ether oxygens (including phenoxy) is 1. The summed E-state index contributed by atoms with van der Waals surface area (Å²) < 4.78 is 17.6. The van der Waals surface area contributed by atoms with Gasteiger partial charge in [-0.1, -0.05) is 6.07 Å². The van der Waals surface area contributed by atoms with Crippen LogP contribution in [0.5, 0.6) is 0 Å². The molecule has 0 spiro atoms. The Kier molecular flexibility index (Phi) is 5.10. The van der Waals surface area contributed by atoms with Crippen molar-refractivity contribution in [2.45, 2.75) is 32.3 Å². The first kappa shape index (κ1) is 13.6. The molecule has 1 atom stereocenters. The third kappa shape index (κ3) is 4.15. The summed E-state index contributed by atoms with van der Waals surface area (Å²) in [7, 11) is 1.34. The van der Waals surface area contributed by atoms with Crippen LogP contribution in [0, 0.1) is 5.82 Å². The van der Waals surface area contributed by atoms with Crippen molar-refractivity contribution in [1.29, 1.82) is 0 Å². The molecule has 17 heavy (non-hydrogen) atoms. The molecule has 0 aliphatic carbocycles. The number of esters is 1. The van der Waals surface area contributed by atoms with Crippen molar-refractivity contribution < 1.29 is 19.0 Å². The molecule has 0 saturated carbocycles. The van der Waals surface area contributed by atoms with Gasteiger partial charge in [-0.15, -0.1) is 0 Å². The van der Waals surface area contributed by atoms with Crippen LogP contribution in [-0.4, -0.2) is 18.2 Å². The summed E-state index contributed by atoms with van der Waals surface area (Å²) in [4.78, 5) is 10.9. The maximum Gasteiger partial charge on any atom is 0.305 e. The Morgan fingerprint density at radius 3 is 2.82 bits per heavy atom. The van der Waals surface area contributed by atoms with E-state index in [-0.39, 0.29) is 11.8 Å². The molecule has 1 aromatic rings. The number of carbonyl (C=O) groups is 1. The standard InChI is InChI=1S/C13H17FO3/c1-9(15)12-7-6-11(14)8-10(12)4-3-5-13(16)17-2/h6-9,15H,3-5H2,1-2H3/t9-/m0/s1. The molecule has 0 heterocycles.